The van der Waals surface area contributed by atoms with Gasteiger partial charge in [-0.2, -0.15) is 5.06 Å². The van der Waals surface area contributed by atoms with E-state index < -0.39 is 0 Å². The first-order chi connectivity index (χ1) is 13.5. The summed E-state index contributed by atoms with van der Waals surface area (Å²) in [5.74, 6) is 1.46. The molecule has 3 heterocycles. The molecule has 3 aromatic rings. The van der Waals surface area contributed by atoms with Crippen molar-refractivity contribution in [2.75, 3.05) is 7.05 Å². The lowest BCUT2D eigenvalue weighted by molar-refractivity contribution is 0.243. The minimum absolute atomic E-state index is 0.401. The molecule has 0 unspecified atom stereocenters. The topological polar surface area (TPSA) is 46.2 Å². The number of hydroxylamine groups is 2. The average Bonchev–Trinajstić information content (AvgIpc) is 3.25. The number of benzene rings is 1. The van der Waals surface area contributed by atoms with E-state index in [0.29, 0.717) is 11.1 Å². The number of pyridine rings is 1. The van der Waals surface area contributed by atoms with Gasteiger partial charge in [0.15, 0.2) is 0 Å². The van der Waals surface area contributed by atoms with Gasteiger partial charge in [0.25, 0.3) is 0 Å². The summed E-state index contributed by atoms with van der Waals surface area (Å²) in [5, 5.41) is 3.35. The predicted octanol–water partition coefficient (Wildman–Crippen LogP) is 5.06. The van der Waals surface area contributed by atoms with Gasteiger partial charge < -0.3 is 9.40 Å². The summed E-state index contributed by atoms with van der Waals surface area (Å²) < 4.78 is 2.31. The second kappa shape index (κ2) is 9.21. The summed E-state index contributed by atoms with van der Waals surface area (Å²) in [4.78, 5) is 14.7. The number of hydrogen-bond donors (Lipinski definition) is 0. The van der Waals surface area contributed by atoms with E-state index >= 15 is 0 Å². The average molecular weight is 413 g/mol. The standard InChI is InChI=1S/C19H21N3S.C2H3NOS/c1-14(2)18-19(23-17-7-5-4-6-8-17)22(15(3)21-18)13-16-9-11-20-12-10-16;1-3-2(5)4-3/h4-12,14H,13H2,1-3H3;1H3. The molecule has 4 rings (SSSR count). The van der Waals surface area contributed by atoms with Crippen LogP contribution >= 0.6 is 24.0 Å². The van der Waals surface area contributed by atoms with Gasteiger partial charge in [-0.15, -0.1) is 0 Å². The summed E-state index contributed by atoms with van der Waals surface area (Å²) in [6, 6.07) is 14.6. The fourth-order valence-corrected chi connectivity index (χ4v) is 3.93. The quantitative estimate of drug-likeness (QED) is 0.431. The molecule has 1 aromatic carbocycles. The Morgan fingerprint density at radius 3 is 2.25 bits per heavy atom. The Morgan fingerprint density at radius 1 is 1.11 bits per heavy atom. The van der Waals surface area contributed by atoms with Crippen molar-refractivity contribution in [3.05, 3.63) is 71.9 Å². The summed E-state index contributed by atoms with van der Waals surface area (Å²) in [6.45, 7) is 7.31. The third kappa shape index (κ3) is 5.33. The first-order valence-electron chi connectivity index (χ1n) is 9.10. The Bertz CT molecular complexity index is 926. The maximum Gasteiger partial charge on any atom is 0.322 e. The van der Waals surface area contributed by atoms with Crippen LogP contribution in [0.15, 0.2) is 64.8 Å². The molecule has 146 valence electrons. The molecule has 0 bridgehead atoms. The third-order valence-electron chi connectivity index (χ3n) is 4.17. The highest BCUT2D eigenvalue weighted by Gasteiger charge is 2.21. The number of aromatic nitrogens is 3. The normalized spacial score (nSPS) is 12.5. The molecule has 2 aromatic heterocycles. The highest BCUT2D eigenvalue weighted by molar-refractivity contribution is 7.99. The Kier molecular flexibility index (Phi) is 6.70. The van der Waals surface area contributed by atoms with Gasteiger partial charge in [0, 0.05) is 30.9 Å². The van der Waals surface area contributed by atoms with Crippen LogP contribution in [0, 0.1) is 6.92 Å². The minimum atomic E-state index is 0.401. The third-order valence-corrected chi connectivity index (χ3v) is 5.63. The van der Waals surface area contributed by atoms with E-state index in [9.17, 15) is 0 Å². The molecule has 7 heteroatoms. The lowest BCUT2D eigenvalue weighted by atomic mass is 10.1. The van der Waals surface area contributed by atoms with Crippen molar-refractivity contribution >= 4 is 29.2 Å². The zero-order chi connectivity index (χ0) is 20.1. The van der Waals surface area contributed by atoms with Crippen molar-refractivity contribution in [1.29, 1.82) is 0 Å². The molecule has 0 amide bonds. The fourth-order valence-electron chi connectivity index (χ4n) is 2.61. The molecular formula is C21H24N4OS2. The van der Waals surface area contributed by atoms with E-state index in [4.69, 9.17) is 4.98 Å². The Morgan fingerprint density at radius 2 is 1.71 bits per heavy atom. The number of imidazole rings is 1. The van der Waals surface area contributed by atoms with Crippen molar-refractivity contribution < 1.29 is 4.84 Å². The SMILES string of the molecule is CN1OC1=S.Cc1nc(C(C)C)c(Sc2ccccc2)n1Cc1ccncc1. The van der Waals surface area contributed by atoms with Gasteiger partial charge in [-0.25, -0.2) is 4.98 Å². The first kappa shape index (κ1) is 20.4. The highest BCUT2D eigenvalue weighted by Crippen LogP contribution is 2.35. The minimum Gasteiger partial charge on any atom is -0.342 e. The van der Waals surface area contributed by atoms with Gasteiger partial charge in [-0.05, 0) is 54.9 Å². The fraction of sp³-hybridized carbons (Fsp3) is 0.286. The maximum absolute atomic E-state index is 4.83. The highest BCUT2D eigenvalue weighted by atomic mass is 32.2. The van der Waals surface area contributed by atoms with E-state index in [1.807, 2.05) is 18.5 Å². The first-order valence-corrected chi connectivity index (χ1v) is 10.3. The summed E-state index contributed by atoms with van der Waals surface area (Å²) in [5.41, 5.74) is 2.41. The number of aryl methyl sites for hydroxylation is 1. The zero-order valence-electron chi connectivity index (χ0n) is 16.5. The van der Waals surface area contributed by atoms with Crippen LogP contribution in [-0.4, -0.2) is 31.8 Å². The molecule has 1 saturated heterocycles. The molecule has 0 saturated carbocycles. The second-order valence-electron chi connectivity index (χ2n) is 6.72. The molecule has 0 spiro atoms. The van der Waals surface area contributed by atoms with Crippen LogP contribution in [-0.2, 0) is 11.4 Å². The van der Waals surface area contributed by atoms with Crippen molar-refractivity contribution in [2.24, 2.45) is 0 Å². The molecular weight excluding hydrogens is 388 g/mol. The number of rotatable bonds is 5. The van der Waals surface area contributed by atoms with Crippen LogP contribution in [0.1, 0.15) is 36.8 Å². The van der Waals surface area contributed by atoms with E-state index in [2.05, 4.69) is 83.8 Å². The summed E-state index contributed by atoms with van der Waals surface area (Å²) in [7, 11) is 1.77. The lowest BCUT2D eigenvalue weighted by Gasteiger charge is -2.12. The van der Waals surface area contributed by atoms with Crippen molar-refractivity contribution in [2.45, 2.75) is 43.2 Å². The molecule has 1 fully saturated rings. The van der Waals surface area contributed by atoms with E-state index in [1.54, 1.807) is 18.8 Å². The van der Waals surface area contributed by atoms with Gasteiger partial charge in [0.2, 0.25) is 0 Å². The molecule has 1 aliphatic rings. The molecule has 0 atom stereocenters. The van der Waals surface area contributed by atoms with Gasteiger partial charge >= 0.3 is 5.17 Å². The van der Waals surface area contributed by atoms with Crippen LogP contribution in [0.25, 0.3) is 0 Å². The smallest absolute Gasteiger partial charge is 0.322 e. The van der Waals surface area contributed by atoms with Crippen molar-refractivity contribution in [3.63, 3.8) is 0 Å². The Balaban J connectivity index is 0.000000391. The Hall–Kier alpha value is -2.38. The van der Waals surface area contributed by atoms with Gasteiger partial charge in [-0.3, -0.25) is 4.98 Å². The maximum atomic E-state index is 4.83. The Labute approximate surface area is 175 Å². The summed E-state index contributed by atoms with van der Waals surface area (Å²) >= 11 is 6.27. The van der Waals surface area contributed by atoms with Crippen molar-refractivity contribution in [1.82, 2.24) is 19.6 Å². The molecule has 0 radical (unpaired) electrons. The van der Waals surface area contributed by atoms with Crippen LogP contribution in [0.5, 0.6) is 0 Å². The predicted molar refractivity (Wildman–Crippen MR) is 116 cm³/mol. The van der Waals surface area contributed by atoms with Crippen LogP contribution in [0.4, 0.5) is 0 Å². The second-order valence-corrected chi connectivity index (χ2v) is 8.13. The largest absolute Gasteiger partial charge is 0.342 e. The number of thiocarbonyl (C=S) groups is 1. The molecule has 0 N–H and O–H groups in total. The van der Waals surface area contributed by atoms with Crippen LogP contribution in [0.3, 0.4) is 0 Å². The van der Waals surface area contributed by atoms with Gasteiger partial charge in [0.1, 0.15) is 10.9 Å². The van der Waals surface area contributed by atoms with Crippen LogP contribution in [0.2, 0.25) is 0 Å². The summed E-state index contributed by atoms with van der Waals surface area (Å²) in [6.07, 6.45) is 3.68. The molecule has 5 nitrogen and oxygen atoms in total. The molecule has 1 aliphatic heterocycles. The molecule has 0 aliphatic carbocycles. The number of nitrogens with zero attached hydrogens (tertiary/aromatic N) is 4. The van der Waals surface area contributed by atoms with E-state index in [0.717, 1.165) is 12.4 Å². The zero-order valence-corrected chi connectivity index (χ0v) is 18.1. The van der Waals surface area contributed by atoms with E-state index in [1.165, 1.54) is 26.2 Å². The number of hydrogen-bond acceptors (Lipinski definition) is 5. The van der Waals surface area contributed by atoms with Crippen molar-refractivity contribution in [3.8, 4) is 0 Å². The van der Waals surface area contributed by atoms with Gasteiger partial charge in [-0.1, -0.05) is 43.8 Å². The van der Waals surface area contributed by atoms with Crippen LogP contribution < -0.4 is 0 Å². The monoisotopic (exact) mass is 412 g/mol. The lowest BCUT2D eigenvalue weighted by Crippen LogP contribution is -2.04. The molecule has 28 heavy (non-hydrogen) atoms. The van der Waals surface area contributed by atoms with Gasteiger partial charge in [0.05, 0.1) is 5.69 Å². The van der Waals surface area contributed by atoms with E-state index in [-0.39, 0.29) is 0 Å².